The van der Waals surface area contributed by atoms with E-state index >= 15 is 0 Å². The zero-order valence-corrected chi connectivity index (χ0v) is 14.7. The maximum atomic E-state index is 6.08. The molecular formula is C18H20ClN5. The molecule has 1 aliphatic rings. The van der Waals surface area contributed by atoms with Gasteiger partial charge >= 0.3 is 0 Å². The molecular weight excluding hydrogens is 322 g/mol. The molecule has 5 nitrogen and oxygen atoms in total. The van der Waals surface area contributed by atoms with Crippen LogP contribution in [0.1, 0.15) is 29.8 Å². The van der Waals surface area contributed by atoms with E-state index < -0.39 is 0 Å². The summed E-state index contributed by atoms with van der Waals surface area (Å²) in [5.41, 5.74) is 4.51. The second-order valence-corrected chi connectivity index (χ2v) is 6.73. The Balaban J connectivity index is 1.59. The molecule has 0 amide bonds. The van der Waals surface area contributed by atoms with Crippen LogP contribution in [0.5, 0.6) is 0 Å². The minimum absolute atomic E-state index is 0.725. The highest BCUT2D eigenvalue weighted by molar-refractivity contribution is 6.31. The smallest absolute Gasteiger partial charge is 0.128 e. The minimum Gasteiger partial charge on any atom is -0.330 e. The molecule has 0 N–H and O–H groups in total. The monoisotopic (exact) mass is 341 g/mol. The van der Waals surface area contributed by atoms with Gasteiger partial charge in [0.15, 0.2) is 0 Å². The van der Waals surface area contributed by atoms with Crippen molar-refractivity contribution in [1.82, 2.24) is 24.4 Å². The van der Waals surface area contributed by atoms with Crippen molar-refractivity contribution in [3.63, 3.8) is 0 Å². The first-order valence-electron chi connectivity index (χ1n) is 8.31. The van der Waals surface area contributed by atoms with Crippen molar-refractivity contribution in [1.29, 1.82) is 0 Å². The Morgan fingerprint density at radius 3 is 2.96 bits per heavy atom. The van der Waals surface area contributed by atoms with E-state index in [1.165, 1.54) is 5.56 Å². The van der Waals surface area contributed by atoms with Gasteiger partial charge in [0.05, 0.1) is 23.3 Å². The second kappa shape index (κ2) is 6.15. The molecule has 3 aromatic rings. The number of hydrogen-bond donors (Lipinski definition) is 0. The Kier molecular flexibility index (Phi) is 3.98. The quantitative estimate of drug-likeness (QED) is 0.734. The predicted octanol–water partition coefficient (Wildman–Crippen LogP) is 3.14. The van der Waals surface area contributed by atoms with E-state index in [0.29, 0.717) is 0 Å². The minimum atomic E-state index is 0.725. The van der Waals surface area contributed by atoms with Gasteiger partial charge in [0.2, 0.25) is 0 Å². The van der Waals surface area contributed by atoms with Gasteiger partial charge in [-0.15, -0.1) is 0 Å². The lowest BCUT2D eigenvalue weighted by molar-refractivity contribution is 0.233. The van der Waals surface area contributed by atoms with E-state index in [4.69, 9.17) is 21.6 Å². The van der Waals surface area contributed by atoms with Crippen molar-refractivity contribution >= 4 is 22.6 Å². The van der Waals surface area contributed by atoms with Gasteiger partial charge in [-0.25, -0.2) is 15.0 Å². The predicted molar refractivity (Wildman–Crippen MR) is 95.0 cm³/mol. The average Bonchev–Trinajstić information content (AvgIpc) is 2.89. The van der Waals surface area contributed by atoms with Crippen LogP contribution in [0.15, 0.2) is 24.4 Å². The van der Waals surface area contributed by atoms with Crippen LogP contribution in [0.4, 0.5) is 0 Å². The van der Waals surface area contributed by atoms with Gasteiger partial charge in [-0.3, -0.25) is 4.90 Å². The summed E-state index contributed by atoms with van der Waals surface area (Å²) >= 11 is 6.08. The van der Waals surface area contributed by atoms with E-state index in [9.17, 15) is 0 Å². The topological polar surface area (TPSA) is 46.8 Å². The third-order valence-electron chi connectivity index (χ3n) is 4.69. The number of fused-ring (bicyclic) bond motifs is 2. The molecule has 1 aliphatic heterocycles. The summed E-state index contributed by atoms with van der Waals surface area (Å²) in [6.45, 7) is 4.77. The number of imidazole rings is 1. The lowest BCUT2D eigenvalue weighted by atomic mass is 10.1. The maximum absolute atomic E-state index is 6.08. The average molecular weight is 342 g/mol. The maximum Gasteiger partial charge on any atom is 0.128 e. The highest BCUT2D eigenvalue weighted by Gasteiger charge is 2.20. The van der Waals surface area contributed by atoms with Crippen molar-refractivity contribution < 1.29 is 0 Å². The fourth-order valence-corrected chi connectivity index (χ4v) is 3.43. The Bertz CT molecular complexity index is 902. The van der Waals surface area contributed by atoms with Gasteiger partial charge in [0.25, 0.3) is 0 Å². The molecule has 4 rings (SSSR count). The lowest BCUT2D eigenvalue weighted by Gasteiger charge is -2.27. The highest BCUT2D eigenvalue weighted by atomic mass is 35.5. The van der Waals surface area contributed by atoms with Gasteiger partial charge in [-0.05, 0) is 30.2 Å². The summed E-state index contributed by atoms with van der Waals surface area (Å²) in [4.78, 5) is 16.3. The molecule has 124 valence electrons. The zero-order chi connectivity index (χ0) is 16.7. The fraction of sp³-hybridized carbons (Fsp3) is 0.389. The Hall–Kier alpha value is -1.98. The summed E-state index contributed by atoms with van der Waals surface area (Å²) in [5, 5.41) is 0.725. The summed E-state index contributed by atoms with van der Waals surface area (Å²) in [7, 11) is 2.06. The molecule has 0 fully saturated rings. The SMILES string of the molecule is CCc1ncc2c(n1)CN(Cc1nc3cc(Cl)ccc3n1C)CC2. The van der Waals surface area contributed by atoms with Crippen LogP contribution in [0.3, 0.4) is 0 Å². The number of benzene rings is 1. The Morgan fingerprint density at radius 2 is 2.12 bits per heavy atom. The third-order valence-corrected chi connectivity index (χ3v) is 4.93. The molecule has 0 spiro atoms. The lowest BCUT2D eigenvalue weighted by Crippen LogP contribution is -2.32. The van der Waals surface area contributed by atoms with Gasteiger partial charge in [-0.2, -0.15) is 0 Å². The van der Waals surface area contributed by atoms with Gasteiger partial charge in [0.1, 0.15) is 11.6 Å². The molecule has 0 atom stereocenters. The molecule has 0 bridgehead atoms. The van der Waals surface area contributed by atoms with Crippen molar-refractivity contribution in [3.8, 4) is 0 Å². The van der Waals surface area contributed by atoms with E-state index in [2.05, 4.69) is 28.4 Å². The summed E-state index contributed by atoms with van der Waals surface area (Å²) in [5.74, 6) is 1.98. The van der Waals surface area contributed by atoms with E-state index in [1.807, 2.05) is 24.4 Å². The van der Waals surface area contributed by atoms with Crippen molar-refractivity contribution in [2.75, 3.05) is 6.54 Å². The van der Waals surface area contributed by atoms with Crippen LogP contribution in [0, 0.1) is 0 Å². The molecule has 0 saturated heterocycles. The number of halogens is 1. The highest BCUT2D eigenvalue weighted by Crippen LogP contribution is 2.22. The Morgan fingerprint density at radius 1 is 1.25 bits per heavy atom. The van der Waals surface area contributed by atoms with Crippen LogP contribution in [-0.4, -0.2) is 31.0 Å². The number of nitrogens with zero attached hydrogens (tertiary/aromatic N) is 5. The van der Waals surface area contributed by atoms with Crippen molar-refractivity contribution in [3.05, 3.63) is 52.3 Å². The molecule has 0 unspecified atom stereocenters. The van der Waals surface area contributed by atoms with Crippen LogP contribution < -0.4 is 0 Å². The fourth-order valence-electron chi connectivity index (χ4n) is 3.27. The van der Waals surface area contributed by atoms with E-state index in [-0.39, 0.29) is 0 Å². The molecule has 24 heavy (non-hydrogen) atoms. The summed E-state index contributed by atoms with van der Waals surface area (Å²) < 4.78 is 2.15. The summed E-state index contributed by atoms with van der Waals surface area (Å²) in [6.07, 6.45) is 3.86. The second-order valence-electron chi connectivity index (χ2n) is 6.29. The molecule has 0 radical (unpaired) electrons. The molecule has 3 heterocycles. The Labute approximate surface area is 146 Å². The van der Waals surface area contributed by atoms with Crippen LogP contribution in [0.25, 0.3) is 11.0 Å². The zero-order valence-electron chi connectivity index (χ0n) is 14.0. The first-order valence-corrected chi connectivity index (χ1v) is 8.68. The first kappa shape index (κ1) is 15.5. The van der Waals surface area contributed by atoms with Gasteiger partial charge in [-0.1, -0.05) is 18.5 Å². The van der Waals surface area contributed by atoms with Crippen molar-refractivity contribution in [2.24, 2.45) is 7.05 Å². The van der Waals surface area contributed by atoms with Gasteiger partial charge < -0.3 is 4.57 Å². The van der Waals surface area contributed by atoms with Crippen LogP contribution in [-0.2, 0) is 33.0 Å². The van der Waals surface area contributed by atoms with Crippen molar-refractivity contribution in [2.45, 2.75) is 32.9 Å². The number of aryl methyl sites for hydroxylation is 2. The molecule has 6 heteroatoms. The molecule has 2 aromatic heterocycles. The molecule has 1 aromatic carbocycles. The number of rotatable bonds is 3. The molecule has 0 saturated carbocycles. The van der Waals surface area contributed by atoms with Crippen LogP contribution in [0.2, 0.25) is 5.02 Å². The first-order chi connectivity index (χ1) is 11.6. The summed E-state index contributed by atoms with van der Waals surface area (Å²) in [6, 6.07) is 5.86. The largest absolute Gasteiger partial charge is 0.330 e. The van der Waals surface area contributed by atoms with E-state index in [1.54, 1.807) is 0 Å². The number of aromatic nitrogens is 4. The molecule has 0 aliphatic carbocycles. The normalized spacial score (nSPS) is 15.0. The standard InChI is InChI=1S/C18H20ClN5/c1-3-17-20-9-12-6-7-24(10-15(12)21-17)11-18-22-14-8-13(19)4-5-16(14)23(18)2/h4-5,8-9H,3,6-7,10-11H2,1-2H3. The van der Waals surface area contributed by atoms with Crippen LogP contribution >= 0.6 is 11.6 Å². The van der Waals surface area contributed by atoms with E-state index in [0.717, 1.165) is 65.9 Å². The number of hydrogen-bond acceptors (Lipinski definition) is 4. The third kappa shape index (κ3) is 2.78. The van der Waals surface area contributed by atoms with Gasteiger partial charge in [0, 0.05) is 37.8 Å².